The molecule has 2 heterocycles. The van der Waals surface area contributed by atoms with Crippen LogP contribution < -0.4 is 9.64 Å². The maximum absolute atomic E-state index is 13.1. The monoisotopic (exact) mass is 339 g/mol. The van der Waals surface area contributed by atoms with Crippen molar-refractivity contribution in [2.24, 2.45) is 0 Å². The number of benzene rings is 2. The molecule has 4 rings (SSSR count). The van der Waals surface area contributed by atoms with Crippen molar-refractivity contribution in [3.05, 3.63) is 59.7 Å². The Kier molecular flexibility index (Phi) is 3.78. The van der Waals surface area contributed by atoms with E-state index in [0.29, 0.717) is 12.2 Å². The fraction of sp³-hybridized carbons (Fsp3) is 0.350. The van der Waals surface area contributed by atoms with Crippen molar-refractivity contribution in [2.75, 3.05) is 19.1 Å². The first-order valence-corrected chi connectivity index (χ1v) is 8.42. The summed E-state index contributed by atoms with van der Waals surface area (Å²) in [5.74, 6) is 0.525. The second kappa shape index (κ2) is 5.86. The topological polar surface area (TPSA) is 59.0 Å². The molecule has 1 fully saturated rings. The Hall–Kier alpha value is -2.37. The molecule has 1 saturated heterocycles. The summed E-state index contributed by atoms with van der Waals surface area (Å²) in [6.07, 6.45) is -0.227. The highest BCUT2D eigenvalue weighted by molar-refractivity contribution is 6.07. The number of nitrogens with zero attached hydrogens (tertiary/aromatic N) is 1. The molecule has 0 aromatic heterocycles. The minimum absolute atomic E-state index is 0.143. The molecule has 130 valence electrons. The summed E-state index contributed by atoms with van der Waals surface area (Å²) in [6.45, 7) is 0. The van der Waals surface area contributed by atoms with Crippen LogP contribution >= 0.6 is 0 Å². The van der Waals surface area contributed by atoms with Crippen LogP contribution in [0.1, 0.15) is 30.1 Å². The van der Waals surface area contributed by atoms with Gasteiger partial charge in [0.2, 0.25) is 0 Å². The zero-order valence-electron chi connectivity index (χ0n) is 14.3. The van der Waals surface area contributed by atoms with E-state index in [2.05, 4.69) is 0 Å². The van der Waals surface area contributed by atoms with Gasteiger partial charge in [-0.15, -0.1) is 0 Å². The molecule has 0 bridgehead atoms. The number of ether oxygens (including phenoxy) is 2. The van der Waals surface area contributed by atoms with Gasteiger partial charge in [-0.3, -0.25) is 4.79 Å². The highest BCUT2D eigenvalue weighted by Crippen LogP contribution is 2.52. The zero-order chi connectivity index (χ0) is 17.6. The second-order valence-corrected chi connectivity index (χ2v) is 6.69. The van der Waals surface area contributed by atoms with Gasteiger partial charge >= 0.3 is 0 Å². The van der Waals surface area contributed by atoms with Crippen molar-refractivity contribution in [1.29, 1.82) is 0 Å². The van der Waals surface area contributed by atoms with E-state index in [0.717, 1.165) is 16.8 Å². The lowest BCUT2D eigenvalue weighted by Crippen LogP contribution is -2.47. The van der Waals surface area contributed by atoms with Crippen LogP contribution in [0.3, 0.4) is 0 Å². The molecule has 0 aliphatic carbocycles. The van der Waals surface area contributed by atoms with E-state index >= 15 is 0 Å². The predicted octanol–water partition coefficient (Wildman–Crippen LogP) is 2.78. The van der Waals surface area contributed by atoms with Gasteiger partial charge in [0, 0.05) is 25.5 Å². The van der Waals surface area contributed by atoms with E-state index in [1.165, 1.54) is 0 Å². The zero-order valence-corrected chi connectivity index (χ0v) is 14.3. The number of aliphatic hydroxyl groups excluding tert-OH is 1. The molecule has 0 radical (unpaired) electrons. The van der Waals surface area contributed by atoms with Crippen molar-refractivity contribution < 1.29 is 19.4 Å². The van der Waals surface area contributed by atoms with E-state index in [9.17, 15) is 9.90 Å². The van der Waals surface area contributed by atoms with Crippen LogP contribution in [0.25, 0.3) is 0 Å². The molecule has 0 unspecified atom stereocenters. The maximum atomic E-state index is 13.1. The number of methoxy groups -OCH3 is 1. The number of rotatable bonds is 2. The van der Waals surface area contributed by atoms with Gasteiger partial charge < -0.3 is 19.5 Å². The number of likely N-dealkylation sites (N-methyl/N-ethyl adjacent to an activating group) is 1. The van der Waals surface area contributed by atoms with Gasteiger partial charge in [0.05, 0.1) is 25.0 Å². The summed E-state index contributed by atoms with van der Waals surface area (Å²) in [7, 11) is 3.34. The van der Waals surface area contributed by atoms with Gasteiger partial charge in [-0.25, -0.2) is 0 Å². The van der Waals surface area contributed by atoms with Gasteiger partial charge in [0.1, 0.15) is 5.75 Å². The maximum Gasteiger partial charge on any atom is 0.263 e. The van der Waals surface area contributed by atoms with Crippen LogP contribution in [0.15, 0.2) is 48.5 Å². The van der Waals surface area contributed by atoms with E-state index in [1.54, 1.807) is 19.1 Å². The van der Waals surface area contributed by atoms with E-state index in [4.69, 9.17) is 9.47 Å². The lowest BCUT2D eigenvalue weighted by atomic mass is 9.83. The lowest BCUT2D eigenvalue weighted by Gasteiger charge is -2.40. The highest BCUT2D eigenvalue weighted by atomic mass is 16.5. The molecule has 5 heteroatoms. The number of amides is 1. The predicted molar refractivity (Wildman–Crippen MR) is 93.6 cm³/mol. The summed E-state index contributed by atoms with van der Waals surface area (Å²) in [5, 5.41) is 10.5. The van der Waals surface area contributed by atoms with Gasteiger partial charge in [-0.05, 0) is 23.8 Å². The number of carbonyl (C=O) groups is 1. The normalized spacial score (nSPS) is 28.3. The lowest BCUT2D eigenvalue weighted by molar-refractivity contribution is -0.181. The summed E-state index contributed by atoms with van der Waals surface area (Å²) in [4.78, 5) is 14.7. The standard InChI is InChI=1S/C20H21NO4/c1-21-17-9-8-15(24-2)11-16(17)20(19(21)23)12-14(22)10-18(25-20)13-6-4-3-5-7-13/h3-9,11,14,18,22H,10,12H2,1-2H3/t14-,18+,20-/m0/s1. The summed E-state index contributed by atoms with van der Waals surface area (Å²) < 4.78 is 11.7. The minimum Gasteiger partial charge on any atom is -0.497 e. The Morgan fingerprint density at radius 1 is 1.24 bits per heavy atom. The SMILES string of the molecule is COc1ccc2c(c1)[C@@]1(C[C@@H](O)C[C@H](c3ccccc3)O1)C(=O)N2C. The van der Waals surface area contributed by atoms with Crippen molar-refractivity contribution >= 4 is 11.6 Å². The number of carbonyl (C=O) groups excluding carboxylic acids is 1. The van der Waals surface area contributed by atoms with Crippen molar-refractivity contribution in [1.82, 2.24) is 0 Å². The molecule has 1 amide bonds. The average Bonchev–Trinajstić information content (AvgIpc) is 2.83. The molecule has 25 heavy (non-hydrogen) atoms. The van der Waals surface area contributed by atoms with Crippen molar-refractivity contribution in [3.8, 4) is 5.75 Å². The fourth-order valence-electron chi connectivity index (χ4n) is 3.94. The van der Waals surface area contributed by atoms with Crippen LogP contribution in [0.4, 0.5) is 5.69 Å². The van der Waals surface area contributed by atoms with Gasteiger partial charge in [-0.1, -0.05) is 30.3 Å². The molecule has 1 spiro atoms. The molecule has 2 aliphatic heterocycles. The molecule has 3 atom stereocenters. The van der Waals surface area contributed by atoms with Crippen molar-refractivity contribution in [2.45, 2.75) is 30.7 Å². The number of aliphatic hydroxyl groups is 1. The first kappa shape index (κ1) is 16.1. The fourth-order valence-corrected chi connectivity index (χ4v) is 3.94. The van der Waals surface area contributed by atoms with Crippen molar-refractivity contribution in [3.63, 3.8) is 0 Å². The first-order chi connectivity index (χ1) is 12.0. The molecule has 1 N–H and O–H groups in total. The van der Waals surface area contributed by atoms with Crippen LogP contribution in [-0.4, -0.2) is 31.3 Å². The summed E-state index contributed by atoms with van der Waals surface area (Å²) >= 11 is 0. The quantitative estimate of drug-likeness (QED) is 0.914. The van der Waals surface area contributed by atoms with Crippen LogP contribution in [-0.2, 0) is 15.1 Å². The van der Waals surface area contributed by atoms with Gasteiger partial charge in [-0.2, -0.15) is 0 Å². The Bertz CT molecular complexity index is 807. The van der Waals surface area contributed by atoms with E-state index in [-0.39, 0.29) is 18.4 Å². The number of hydrogen-bond acceptors (Lipinski definition) is 4. The molecule has 2 aliphatic rings. The Morgan fingerprint density at radius 3 is 2.72 bits per heavy atom. The number of anilines is 1. The summed E-state index contributed by atoms with van der Waals surface area (Å²) in [6, 6.07) is 15.3. The molecule has 2 aromatic rings. The molecular formula is C20H21NO4. The molecule has 0 saturated carbocycles. The third kappa shape index (κ3) is 2.42. The third-order valence-corrected chi connectivity index (χ3v) is 5.17. The first-order valence-electron chi connectivity index (χ1n) is 8.42. The van der Waals surface area contributed by atoms with Crippen LogP contribution in [0.5, 0.6) is 5.75 Å². The van der Waals surface area contributed by atoms with E-state index in [1.807, 2.05) is 48.5 Å². The van der Waals surface area contributed by atoms with Gasteiger partial charge in [0.15, 0.2) is 5.60 Å². The smallest absolute Gasteiger partial charge is 0.263 e. The molecular weight excluding hydrogens is 318 g/mol. The number of hydrogen-bond donors (Lipinski definition) is 1. The highest BCUT2D eigenvalue weighted by Gasteiger charge is 2.55. The molecule has 5 nitrogen and oxygen atoms in total. The van der Waals surface area contributed by atoms with E-state index < -0.39 is 11.7 Å². The molecule has 2 aromatic carbocycles. The minimum atomic E-state index is -1.17. The third-order valence-electron chi connectivity index (χ3n) is 5.17. The average molecular weight is 339 g/mol. The second-order valence-electron chi connectivity index (χ2n) is 6.69. The van der Waals surface area contributed by atoms with Crippen LogP contribution in [0.2, 0.25) is 0 Å². The largest absolute Gasteiger partial charge is 0.497 e. The van der Waals surface area contributed by atoms with Gasteiger partial charge in [0.25, 0.3) is 5.91 Å². The number of fused-ring (bicyclic) bond motifs is 2. The Balaban J connectivity index is 1.81. The van der Waals surface area contributed by atoms with Crippen LogP contribution in [0, 0.1) is 0 Å². The Labute approximate surface area is 146 Å². The summed E-state index contributed by atoms with van der Waals surface area (Å²) in [5.41, 5.74) is 1.36. The Morgan fingerprint density at radius 2 is 2.00 bits per heavy atom.